The number of benzene rings is 1. The Labute approximate surface area is 119 Å². The first-order valence-corrected chi connectivity index (χ1v) is 7.29. The first kappa shape index (κ1) is 14.6. The molecule has 1 aromatic carbocycles. The summed E-state index contributed by atoms with van der Waals surface area (Å²) >= 11 is 0. The van der Waals surface area contributed by atoms with Crippen LogP contribution in [0.15, 0.2) is 18.2 Å². The maximum absolute atomic E-state index is 11.0. The lowest BCUT2D eigenvalue weighted by atomic mass is 9.74. The normalized spacial score (nSPS) is 16.3. The molecule has 1 aliphatic carbocycles. The zero-order chi connectivity index (χ0) is 14.6. The van der Waals surface area contributed by atoms with Gasteiger partial charge < -0.3 is 10.1 Å². The van der Waals surface area contributed by atoms with E-state index in [9.17, 15) is 10.1 Å². The summed E-state index contributed by atoms with van der Waals surface area (Å²) < 4.78 is 5.54. The van der Waals surface area contributed by atoms with Crippen LogP contribution < -0.4 is 10.1 Å². The molecule has 0 spiro atoms. The molecule has 1 saturated carbocycles. The Hall–Kier alpha value is -1.78. The highest BCUT2D eigenvalue weighted by Crippen LogP contribution is 2.39. The van der Waals surface area contributed by atoms with Crippen molar-refractivity contribution < 1.29 is 9.66 Å². The molecule has 0 heterocycles. The fraction of sp³-hybridized carbons (Fsp3) is 0.600. The number of nitro benzene ring substituents is 1. The number of hydrogen-bond acceptors (Lipinski definition) is 4. The van der Waals surface area contributed by atoms with Crippen LogP contribution in [-0.2, 0) is 0 Å². The van der Waals surface area contributed by atoms with E-state index in [2.05, 4.69) is 12.2 Å². The number of nitrogens with one attached hydrogen (secondary N) is 1. The van der Waals surface area contributed by atoms with Crippen molar-refractivity contribution in [2.45, 2.75) is 51.5 Å². The number of non-ortho nitro benzene ring substituents is 1. The van der Waals surface area contributed by atoms with Crippen LogP contribution in [0.3, 0.4) is 0 Å². The van der Waals surface area contributed by atoms with E-state index in [4.69, 9.17) is 4.74 Å². The van der Waals surface area contributed by atoms with E-state index in [1.165, 1.54) is 12.5 Å². The van der Waals surface area contributed by atoms with Gasteiger partial charge in [0.15, 0.2) is 0 Å². The standard InChI is InChI=1S/C15H22N2O3/c1-3-8-20-14-10-12(9-13(11-14)17(18)19)16-15(4-2)6-5-7-15/h9-11,16H,3-8H2,1-2H3. The molecule has 110 valence electrons. The lowest BCUT2D eigenvalue weighted by molar-refractivity contribution is -0.384. The average molecular weight is 278 g/mol. The van der Waals surface area contributed by atoms with Crippen molar-refractivity contribution in [1.82, 2.24) is 0 Å². The summed E-state index contributed by atoms with van der Waals surface area (Å²) in [6.07, 6.45) is 5.37. The highest BCUT2D eigenvalue weighted by Gasteiger charge is 2.35. The second-order valence-corrected chi connectivity index (χ2v) is 5.43. The van der Waals surface area contributed by atoms with E-state index < -0.39 is 0 Å². The van der Waals surface area contributed by atoms with Gasteiger partial charge in [-0.3, -0.25) is 10.1 Å². The quantitative estimate of drug-likeness (QED) is 0.601. The summed E-state index contributed by atoms with van der Waals surface area (Å²) in [5.74, 6) is 0.564. The molecule has 1 aromatic rings. The molecule has 20 heavy (non-hydrogen) atoms. The molecule has 0 atom stereocenters. The van der Waals surface area contributed by atoms with Crippen molar-refractivity contribution in [3.8, 4) is 5.75 Å². The van der Waals surface area contributed by atoms with Crippen molar-refractivity contribution >= 4 is 11.4 Å². The number of hydrogen-bond donors (Lipinski definition) is 1. The van der Waals surface area contributed by atoms with E-state index in [0.717, 1.165) is 31.4 Å². The Bertz CT molecular complexity index is 478. The molecule has 1 N–H and O–H groups in total. The summed E-state index contributed by atoms with van der Waals surface area (Å²) in [4.78, 5) is 10.6. The van der Waals surface area contributed by atoms with E-state index in [0.29, 0.717) is 12.4 Å². The van der Waals surface area contributed by atoms with Crippen molar-refractivity contribution in [1.29, 1.82) is 0 Å². The van der Waals surface area contributed by atoms with Gasteiger partial charge in [0.2, 0.25) is 0 Å². The van der Waals surface area contributed by atoms with Crippen LogP contribution in [0, 0.1) is 10.1 Å². The van der Waals surface area contributed by atoms with Gasteiger partial charge in [-0.1, -0.05) is 13.8 Å². The third kappa shape index (κ3) is 3.21. The van der Waals surface area contributed by atoms with E-state index in [1.54, 1.807) is 6.07 Å². The van der Waals surface area contributed by atoms with Crippen LogP contribution in [-0.4, -0.2) is 17.1 Å². The summed E-state index contributed by atoms with van der Waals surface area (Å²) in [5.41, 5.74) is 0.968. The van der Waals surface area contributed by atoms with Crippen molar-refractivity contribution in [2.24, 2.45) is 0 Å². The second kappa shape index (κ2) is 6.11. The third-order valence-corrected chi connectivity index (χ3v) is 3.97. The van der Waals surface area contributed by atoms with Crippen LogP contribution in [0.5, 0.6) is 5.75 Å². The second-order valence-electron chi connectivity index (χ2n) is 5.43. The van der Waals surface area contributed by atoms with Gasteiger partial charge in [0.25, 0.3) is 5.69 Å². The van der Waals surface area contributed by atoms with Gasteiger partial charge in [-0.05, 0) is 32.1 Å². The first-order chi connectivity index (χ1) is 9.58. The monoisotopic (exact) mass is 278 g/mol. The zero-order valence-corrected chi connectivity index (χ0v) is 12.1. The largest absolute Gasteiger partial charge is 0.493 e. The molecule has 0 radical (unpaired) electrons. The van der Waals surface area contributed by atoms with Crippen molar-refractivity contribution in [3.05, 3.63) is 28.3 Å². The molecule has 0 unspecified atom stereocenters. The average Bonchev–Trinajstić information content (AvgIpc) is 2.40. The molecule has 1 fully saturated rings. The van der Waals surface area contributed by atoms with Crippen LogP contribution in [0.1, 0.15) is 46.0 Å². The molecule has 2 rings (SSSR count). The number of nitrogens with zero attached hydrogens (tertiary/aromatic N) is 1. The van der Waals surface area contributed by atoms with Crippen molar-refractivity contribution in [3.63, 3.8) is 0 Å². The summed E-state index contributed by atoms with van der Waals surface area (Å²) in [5, 5.41) is 14.5. The summed E-state index contributed by atoms with van der Waals surface area (Å²) in [7, 11) is 0. The number of anilines is 1. The topological polar surface area (TPSA) is 64.4 Å². The number of nitro groups is 1. The molecular formula is C15H22N2O3. The molecule has 1 aliphatic rings. The Morgan fingerprint density at radius 1 is 1.35 bits per heavy atom. The molecule has 0 bridgehead atoms. The van der Waals surface area contributed by atoms with Crippen LogP contribution in [0.25, 0.3) is 0 Å². The van der Waals surface area contributed by atoms with E-state index in [1.807, 2.05) is 13.0 Å². The molecule has 5 nitrogen and oxygen atoms in total. The minimum atomic E-state index is -0.372. The van der Waals surface area contributed by atoms with Gasteiger partial charge in [-0.25, -0.2) is 0 Å². The Balaban J connectivity index is 2.22. The van der Waals surface area contributed by atoms with E-state index in [-0.39, 0.29) is 16.1 Å². The maximum atomic E-state index is 11.0. The van der Waals surface area contributed by atoms with E-state index >= 15 is 0 Å². The van der Waals surface area contributed by atoms with Crippen LogP contribution in [0.4, 0.5) is 11.4 Å². The predicted octanol–water partition coefficient (Wildman–Crippen LogP) is 4.13. The number of rotatable bonds is 7. The minimum Gasteiger partial charge on any atom is -0.493 e. The summed E-state index contributed by atoms with van der Waals surface area (Å²) in [6, 6.07) is 4.94. The third-order valence-electron chi connectivity index (χ3n) is 3.97. The van der Waals surface area contributed by atoms with Crippen LogP contribution in [0.2, 0.25) is 0 Å². The van der Waals surface area contributed by atoms with Crippen LogP contribution >= 0.6 is 0 Å². The van der Waals surface area contributed by atoms with Gasteiger partial charge in [-0.15, -0.1) is 0 Å². The zero-order valence-electron chi connectivity index (χ0n) is 12.1. The Morgan fingerprint density at radius 2 is 2.10 bits per heavy atom. The molecule has 0 aromatic heterocycles. The number of ether oxygens (including phenoxy) is 1. The predicted molar refractivity (Wildman–Crippen MR) is 79.4 cm³/mol. The van der Waals surface area contributed by atoms with Gasteiger partial charge in [0.05, 0.1) is 17.6 Å². The van der Waals surface area contributed by atoms with Gasteiger partial charge in [0.1, 0.15) is 5.75 Å². The lowest BCUT2D eigenvalue weighted by Gasteiger charge is -2.42. The minimum absolute atomic E-state index is 0.0756. The smallest absolute Gasteiger partial charge is 0.275 e. The summed E-state index contributed by atoms with van der Waals surface area (Å²) in [6.45, 7) is 4.73. The molecule has 0 amide bonds. The molecule has 0 saturated heterocycles. The molecule has 0 aliphatic heterocycles. The van der Waals surface area contributed by atoms with Gasteiger partial charge >= 0.3 is 0 Å². The lowest BCUT2D eigenvalue weighted by Crippen LogP contribution is -2.44. The van der Waals surface area contributed by atoms with Gasteiger partial charge in [-0.2, -0.15) is 0 Å². The highest BCUT2D eigenvalue weighted by atomic mass is 16.6. The highest BCUT2D eigenvalue weighted by molar-refractivity contribution is 5.57. The maximum Gasteiger partial charge on any atom is 0.275 e. The van der Waals surface area contributed by atoms with Gasteiger partial charge in [0, 0.05) is 23.4 Å². The molecular weight excluding hydrogens is 256 g/mol. The molecule has 5 heteroatoms. The van der Waals surface area contributed by atoms with Crippen molar-refractivity contribution in [2.75, 3.05) is 11.9 Å². The fourth-order valence-electron chi connectivity index (χ4n) is 2.54. The first-order valence-electron chi connectivity index (χ1n) is 7.29. The Kier molecular flexibility index (Phi) is 4.47. The fourth-order valence-corrected chi connectivity index (χ4v) is 2.54. The SMILES string of the molecule is CCCOc1cc(NC2(CC)CCC2)cc([N+](=O)[O-])c1. The Morgan fingerprint density at radius 3 is 2.60 bits per heavy atom.